The molecule has 0 spiro atoms. The van der Waals surface area contributed by atoms with Crippen LogP contribution in [0.3, 0.4) is 0 Å². The molecule has 0 aliphatic carbocycles. The molecule has 29 heavy (non-hydrogen) atoms. The fourth-order valence-corrected chi connectivity index (χ4v) is 4.98. The summed E-state index contributed by atoms with van der Waals surface area (Å²) in [5.74, 6) is 1.15. The molecule has 3 aromatic rings. The van der Waals surface area contributed by atoms with Gasteiger partial charge in [-0.05, 0) is 48.4 Å². The van der Waals surface area contributed by atoms with Crippen LogP contribution >= 0.6 is 0 Å². The van der Waals surface area contributed by atoms with E-state index in [1.54, 1.807) is 7.11 Å². The predicted molar refractivity (Wildman–Crippen MR) is 115 cm³/mol. The smallest absolute Gasteiger partial charge is 0.233 e. The number of ether oxygens (including phenoxy) is 1. The number of carbonyl (C=O) groups is 1. The van der Waals surface area contributed by atoms with Crippen molar-refractivity contribution < 1.29 is 13.7 Å². The summed E-state index contributed by atoms with van der Waals surface area (Å²) in [7, 11) is 0.529. The molecule has 4 rings (SSSR count). The molecular formula is C24H23NO3S. The first-order chi connectivity index (χ1) is 14.2. The van der Waals surface area contributed by atoms with E-state index >= 15 is 0 Å². The Morgan fingerprint density at radius 3 is 2.14 bits per heavy atom. The van der Waals surface area contributed by atoms with Gasteiger partial charge in [0, 0.05) is 16.3 Å². The molecule has 5 heteroatoms. The van der Waals surface area contributed by atoms with Gasteiger partial charge in [-0.15, -0.1) is 0 Å². The molecule has 0 saturated carbocycles. The van der Waals surface area contributed by atoms with Crippen LogP contribution in [0.15, 0.2) is 89.8 Å². The molecule has 1 saturated heterocycles. The van der Waals surface area contributed by atoms with Crippen molar-refractivity contribution in [3.05, 3.63) is 90.5 Å². The van der Waals surface area contributed by atoms with Gasteiger partial charge in [0.1, 0.15) is 5.75 Å². The highest BCUT2D eigenvalue weighted by atomic mass is 32.2. The number of β-lactam (4-membered cyclic amide) rings is 1. The number of nitrogens with zero attached hydrogens (tertiary/aromatic N) is 1. The number of amides is 1. The molecule has 3 atom stereocenters. The Morgan fingerprint density at radius 2 is 1.52 bits per heavy atom. The second-order valence-corrected chi connectivity index (χ2v) is 8.59. The highest BCUT2D eigenvalue weighted by Crippen LogP contribution is 2.45. The van der Waals surface area contributed by atoms with E-state index in [0.717, 1.165) is 21.9 Å². The normalized spacial score (nSPS) is 19.5. The predicted octanol–water partition coefficient (Wildman–Crippen LogP) is 4.60. The fraction of sp³-hybridized carbons (Fsp3) is 0.208. The zero-order valence-corrected chi connectivity index (χ0v) is 17.0. The summed E-state index contributed by atoms with van der Waals surface area (Å²) in [5, 5.41) is 0. The molecule has 0 radical (unpaired) electrons. The molecule has 0 N–H and O–H groups in total. The molecule has 1 aliphatic heterocycles. The number of methoxy groups -OCH3 is 1. The van der Waals surface area contributed by atoms with E-state index in [4.69, 9.17) is 4.74 Å². The van der Waals surface area contributed by atoms with Crippen LogP contribution in [0.5, 0.6) is 5.75 Å². The molecule has 1 unspecified atom stereocenters. The van der Waals surface area contributed by atoms with Crippen molar-refractivity contribution in [3.63, 3.8) is 0 Å². The van der Waals surface area contributed by atoms with Crippen LogP contribution in [0.1, 0.15) is 18.0 Å². The summed E-state index contributed by atoms with van der Waals surface area (Å²) < 4.78 is 17.9. The zero-order valence-electron chi connectivity index (χ0n) is 16.2. The maximum Gasteiger partial charge on any atom is 0.233 e. The largest absolute Gasteiger partial charge is 0.497 e. The number of hydrogen-bond donors (Lipinski definition) is 0. The molecule has 4 nitrogen and oxygen atoms in total. The van der Waals surface area contributed by atoms with Gasteiger partial charge in [-0.1, -0.05) is 48.5 Å². The Hall–Kier alpha value is -2.92. The van der Waals surface area contributed by atoms with Crippen LogP contribution in [0.25, 0.3) is 0 Å². The number of anilines is 1. The van der Waals surface area contributed by atoms with Crippen LogP contribution in [-0.4, -0.2) is 23.0 Å². The highest BCUT2D eigenvalue weighted by molar-refractivity contribution is 7.85. The Labute approximate surface area is 173 Å². The van der Waals surface area contributed by atoms with E-state index in [1.165, 1.54) is 0 Å². The van der Waals surface area contributed by atoms with Crippen LogP contribution in [0, 0.1) is 5.92 Å². The van der Waals surface area contributed by atoms with Crippen molar-refractivity contribution in [2.24, 2.45) is 5.92 Å². The SMILES string of the molecule is COc1ccc([C@@H]2[C@@H](CCS(=O)c3ccccc3)C(=O)N2c2ccccc2)cc1. The van der Waals surface area contributed by atoms with E-state index in [9.17, 15) is 9.00 Å². The topological polar surface area (TPSA) is 46.6 Å². The van der Waals surface area contributed by atoms with Crippen molar-refractivity contribution in [3.8, 4) is 5.75 Å². The summed E-state index contributed by atoms with van der Waals surface area (Å²) in [4.78, 5) is 15.7. The molecule has 0 bridgehead atoms. The summed E-state index contributed by atoms with van der Waals surface area (Å²) in [5.41, 5.74) is 1.95. The minimum atomic E-state index is -1.11. The number of benzene rings is 3. The lowest BCUT2D eigenvalue weighted by Crippen LogP contribution is -2.55. The van der Waals surface area contributed by atoms with E-state index in [1.807, 2.05) is 89.8 Å². The zero-order chi connectivity index (χ0) is 20.2. The molecule has 1 amide bonds. The Morgan fingerprint density at radius 1 is 0.897 bits per heavy atom. The van der Waals surface area contributed by atoms with Gasteiger partial charge in [-0.3, -0.25) is 9.00 Å². The van der Waals surface area contributed by atoms with Crippen LogP contribution < -0.4 is 9.64 Å². The van der Waals surface area contributed by atoms with Crippen molar-refractivity contribution in [2.75, 3.05) is 17.8 Å². The molecule has 148 valence electrons. The van der Waals surface area contributed by atoms with Gasteiger partial charge in [-0.25, -0.2) is 0 Å². The van der Waals surface area contributed by atoms with Gasteiger partial charge in [0.05, 0.1) is 29.9 Å². The number of para-hydroxylation sites is 1. The highest BCUT2D eigenvalue weighted by Gasteiger charge is 2.48. The number of rotatable bonds is 7. The van der Waals surface area contributed by atoms with Crippen molar-refractivity contribution in [1.29, 1.82) is 0 Å². The summed E-state index contributed by atoms with van der Waals surface area (Å²) in [6.07, 6.45) is 0.584. The third-order valence-electron chi connectivity index (χ3n) is 5.33. The number of hydrogen-bond acceptors (Lipinski definition) is 3. The minimum absolute atomic E-state index is 0.0661. The molecular weight excluding hydrogens is 382 g/mol. The first kappa shape index (κ1) is 19.4. The van der Waals surface area contributed by atoms with Gasteiger partial charge in [0.25, 0.3) is 0 Å². The van der Waals surface area contributed by atoms with Crippen molar-refractivity contribution in [2.45, 2.75) is 17.4 Å². The lowest BCUT2D eigenvalue weighted by molar-refractivity contribution is -0.130. The summed E-state index contributed by atoms with van der Waals surface area (Å²) in [6.45, 7) is 0. The summed E-state index contributed by atoms with van der Waals surface area (Å²) in [6, 6.07) is 26.9. The molecule has 1 fully saturated rings. The Balaban J connectivity index is 1.56. The van der Waals surface area contributed by atoms with Gasteiger partial charge >= 0.3 is 0 Å². The van der Waals surface area contributed by atoms with Crippen LogP contribution in [-0.2, 0) is 15.6 Å². The Bertz CT molecular complexity index is 990. The first-order valence-electron chi connectivity index (χ1n) is 9.64. The van der Waals surface area contributed by atoms with Crippen molar-refractivity contribution >= 4 is 22.4 Å². The first-order valence-corrected chi connectivity index (χ1v) is 11.0. The maximum absolute atomic E-state index is 13.0. The standard InChI is InChI=1S/C24H23NO3S/c1-28-20-14-12-18(13-15-20)23-22(16-17-29(27)21-10-6-3-7-11-21)24(26)25(23)19-8-4-2-5-9-19/h2-15,22-23H,16-17H2,1H3/t22-,23-,29?/m1/s1. The van der Waals surface area contributed by atoms with Crippen LogP contribution in [0.4, 0.5) is 5.69 Å². The summed E-state index contributed by atoms with van der Waals surface area (Å²) >= 11 is 0. The van der Waals surface area contributed by atoms with Crippen LogP contribution in [0.2, 0.25) is 0 Å². The monoisotopic (exact) mass is 405 g/mol. The molecule has 1 heterocycles. The third kappa shape index (κ3) is 3.96. The van der Waals surface area contributed by atoms with Gasteiger partial charge in [0.15, 0.2) is 0 Å². The fourth-order valence-electron chi connectivity index (χ4n) is 3.81. The van der Waals surface area contributed by atoms with E-state index in [2.05, 4.69) is 0 Å². The van der Waals surface area contributed by atoms with E-state index in [0.29, 0.717) is 12.2 Å². The van der Waals surface area contributed by atoms with E-state index < -0.39 is 10.8 Å². The maximum atomic E-state index is 13.0. The van der Waals surface area contributed by atoms with E-state index in [-0.39, 0.29) is 17.9 Å². The van der Waals surface area contributed by atoms with Gasteiger partial charge < -0.3 is 9.64 Å². The van der Waals surface area contributed by atoms with Gasteiger partial charge in [0.2, 0.25) is 5.91 Å². The minimum Gasteiger partial charge on any atom is -0.497 e. The third-order valence-corrected chi connectivity index (χ3v) is 6.73. The lowest BCUT2D eigenvalue weighted by Gasteiger charge is -2.47. The number of carbonyl (C=O) groups excluding carboxylic acids is 1. The molecule has 0 aromatic heterocycles. The quantitative estimate of drug-likeness (QED) is 0.540. The second kappa shape index (κ2) is 8.62. The van der Waals surface area contributed by atoms with Crippen molar-refractivity contribution in [1.82, 2.24) is 0 Å². The average molecular weight is 406 g/mol. The average Bonchev–Trinajstić information content (AvgIpc) is 2.78. The second-order valence-electron chi connectivity index (χ2n) is 7.02. The lowest BCUT2D eigenvalue weighted by atomic mass is 9.80. The Kier molecular flexibility index (Phi) is 5.76. The van der Waals surface area contributed by atoms with Gasteiger partial charge in [-0.2, -0.15) is 0 Å². The molecule has 3 aromatic carbocycles. The molecule has 1 aliphatic rings.